The van der Waals surface area contributed by atoms with Crippen LogP contribution in [0.2, 0.25) is 5.02 Å². The normalized spacial score (nSPS) is 16.6. The summed E-state index contributed by atoms with van der Waals surface area (Å²) >= 11 is 6.01. The van der Waals surface area contributed by atoms with E-state index >= 15 is 0 Å². The second-order valence-electron chi connectivity index (χ2n) is 7.59. The average molecular weight is 435 g/mol. The second-order valence-corrected chi connectivity index (χ2v) is 8.00. The highest BCUT2D eigenvalue weighted by molar-refractivity contribution is 6.33. The lowest BCUT2D eigenvalue weighted by Gasteiger charge is -2.33. The van der Waals surface area contributed by atoms with E-state index in [1.165, 1.54) is 7.05 Å². The van der Waals surface area contributed by atoms with Crippen LogP contribution in [0.4, 0.5) is 19.0 Å². The third-order valence-electron chi connectivity index (χ3n) is 4.90. The van der Waals surface area contributed by atoms with Crippen LogP contribution in [0, 0.1) is 11.8 Å². The number of amides is 2. The lowest BCUT2D eigenvalue weighted by Crippen LogP contribution is -2.50. The van der Waals surface area contributed by atoms with E-state index in [1.54, 1.807) is 4.90 Å². The molecule has 162 valence electrons. The molecule has 0 saturated carbocycles. The molecular weight excluding hydrogens is 409 g/mol. The lowest BCUT2D eigenvalue weighted by atomic mass is 9.94. The number of halogens is 4. The molecule has 1 atom stereocenters. The number of hydrogen-bond acceptors (Lipinski definition) is 4. The van der Waals surface area contributed by atoms with Gasteiger partial charge >= 0.3 is 6.18 Å². The highest BCUT2D eigenvalue weighted by Crippen LogP contribution is 2.34. The molecule has 0 radical (unpaired) electrons. The quantitative estimate of drug-likeness (QED) is 0.720. The molecule has 1 saturated heterocycles. The van der Waals surface area contributed by atoms with Crippen LogP contribution < -0.4 is 15.5 Å². The number of pyridine rings is 1. The van der Waals surface area contributed by atoms with Crippen LogP contribution in [-0.2, 0) is 15.8 Å². The Labute approximate surface area is 173 Å². The number of alkyl halides is 3. The largest absolute Gasteiger partial charge is 0.417 e. The van der Waals surface area contributed by atoms with Gasteiger partial charge in [-0.05, 0) is 31.2 Å². The summed E-state index contributed by atoms with van der Waals surface area (Å²) in [6.07, 6.45) is -2.22. The van der Waals surface area contributed by atoms with E-state index in [-0.39, 0.29) is 34.5 Å². The maximum atomic E-state index is 12.8. The molecule has 6 nitrogen and oxygen atoms in total. The van der Waals surface area contributed by atoms with Crippen molar-refractivity contribution in [3.63, 3.8) is 0 Å². The molecule has 1 aliphatic heterocycles. The Morgan fingerprint density at radius 1 is 1.31 bits per heavy atom. The monoisotopic (exact) mass is 434 g/mol. The highest BCUT2D eigenvalue weighted by atomic mass is 35.5. The van der Waals surface area contributed by atoms with Crippen molar-refractivity contribution in [1.82, 2.24) is 15.6 Å². The van der Waals surface area contributed by atoms with Gasteiger partial charge in [-0.25, -0.2) is 4.98 Å². The number of likely N-dealkylation sites (N-methyl/N-ethyl adjacent to an activating group) is 1. The van der Waals surface area contributed by atoms with Crippen molar-refractivity contribution in [2.24, 2.45) is 11.8 Å². The number of carbonyl (C=O) groups excluding carboxylic acids is 2. The third-order valence-corrected chi connectivity index (χ3v) is 5.18. The molecule has 1 aromatic heterocycles. The summed E-state index contributed by atoms with van der Waals surface area (Å²) in [6, 6.07) is 0.277. The van der Waals surface area contributed by atoms with Gasteiger partial charge in [0.05, 0.1) is 10.6 Å². The van der Waals surface area contributed by atoms with Gasteiger partial charge in [0.15, 0.2) is 0 Å². The minimum Gasteiger partial charge on any atom is -0.357 e. The number of nitrogens with zero attached hydrogens (tertiary/aromatic N) is 2. The predicted molar refractivity (Wildman–Crippen MR) is 105 cm³/mol. The van der Waals surface area contributed by atoms with Crippen molar-refractivity contribution in [3.05, 3.63) is 22.8 Å². The van der Waals surface area contributed by atoms with E-state index in [9.17, 15) is 22.8 Å². The molecule has 1 fully saturated rings. The molecule has 0 bridgehead atoms. The number of nitrogens with one attached hydrogen (secondary N) is 2. The standard InChI is InChI=1S/C19H26ClF3N4O2/c1-11(2)8-15(18(29)24-3)26-17(28)12-4-6-27(7-5-12)16-14(20)9-13(10-25-16)19(21,22)23/h9-12,15H,4-8H2,1-3H3,(H,24,29)(H,26,28). The Morgan fingerprint density at radius 2 is 1.93 bits per heavy atom. The zero-order valence-corrected chi connectivity index (χ0v) is 17.4. The van der Waals surface area contributed by atoms with Crippen molar-refractivity contribution >= 4 is 29.2 Å². The molecule has 2 amide bonds. The van der Waals surface area contributed by atoms with Crippen LogP contribution in [0.1, 0.15) is 38.7 Å². The molecule has 0 aromatic carbocycles. The van der Waals surface area contributed by atoms with E-state index in [2.05, 4.69) is 15.6 Å². The predicted octanol–water partition coefficient (Wildman–Crippen LogP) is 3.25. The van der Waals surface area contributed by atoms with Gasteiger partial charge in [0.2, 0.25) is 11.8 Å². The van der Waals surface area contributed by atoms with Gasteiger partial charge in [0, 0.05) is 32.3 Å². The summed E-state index contributed by atoms with van der Waals surface area (Å²) < 4.78 is 38.3. The fraction of sp³-hybridized carbons (Fsp3) is 0.632. The number of piperidine rings is 1. The molecule has 10 heteroatoms. The molecule has 1 aliphatic rings. The third kappa shape index (κ3) is 6.22. The fourth-order valence-corrected chi connectivity index (χ4v) is 3.62. The van der Waals surface area contributed by atoms with Gasteiger partial charge < -0.3 is 15.5 Å². The molecule has 2 heterocycles. The van der Waals surface area contributed by atoms with E-state index in [4.69, 9.17) is 11.6 Å². The second kappa shape index (κ2) is 9.65. The van der Waals surface area contributed by atoms with Crippen molar-refractivity contribution in [2.45, 2.75) is 45.3 Å². The minimum absolute atomic E-state index is 0.0701. The van der Waals surface area contributed by atoms with Crippen LogP contribution in [0.5, 0.6) is 0 Å². The topological polar surface area (TPSA) is 74.3 Å². The van der Waals surface area contributed by atoms with Gasteiger partial charge in [0.25, 0.3) is 0 Å². The summed E-state index contributed by atoms with van der Waals surface area (Å²) in [7, 11) is 1.53. The van der Waals surface area contributed by atoms with Crippen LogP contribution in [0.25, 0.3) is 0 Å². The zero-order valence-electron chi connectivity index (χ0n) is 16.6. The van der Waals surface area contributed by atoms with Gasteiger partial charge in [-0.1, -0.05) is 25.4 Å². The first kappa shape index (κ1) is 23.3. The molecule has 0 spiro atoms. The Kier molecular flexibility index (Phi) is 7.73. The summed E-state index contributed by atoms with van der Waals surface area (Å²) in [4.78, 5) is 30.2. The first-order chi connectivity index (χ1) is 13.5. The van der Waals surface area contributed by atoms with Gasteiger partial charge in [-0.15, -0.1) is 0 Å². The van der Waals surface area contributed by atoms with E-state index in [0.717, 1.165) is 12.3 Å². The van der Waals surface area contributed by atoms with E-state index in [0.29, 0.717) is 32.4 Å². The summed E-state index contributed by atoms with van der Waals surface area (Å²) in [6.45, 7) is 4.82. The van der Waals surface area contributed by atoms with Crippen LogP contribution in [0.3, 0.4) is 0 Å². The SMILES string of the molecule is CNC(=O)C(CC(C)C)NC(=O)C1CCN(c2ncc(C(F)(F)F)cc2Cl)CC1. The Hall–Kier alpha value is -2.03. The smallest absolute Gasteiger partial charge is 0.357 e. The molecule has 1 unspecified atom stereocenters. The summed E-state index contributed by atoms with van der Waals surface area (Å²) in [5.74, 6) is -0.178. The highest BCUT2D eigenvalue weighted by Gasteiger charge is 2.33. The number of rotatable bonds is 6. The molecular formula is C19H26ClF3N4O2. The number of anilines is 1. The number of carbonyl (C=O) groups is 2. The van der Waals surface area contributed by atoms with Crippen LogP contribution in [-0.4, -0.2) is 43.0 Å². The van der Waals surface area contributed by atoms with Gasteiger partial charge in [-0.3, -0.25) is 9.59 Å². The van der Waals surface area contributed by atoms with Crippen molar-refractivity contribution in [2.75, 3.05) is 25.0 Å². The molecule has 2 rings (SSSR count). The van der Waals surface area contributed by atoms with Crippen LogP contribution in [0.15, 0.2) is 12.3 Å². The van der Waals surface area contributed by atoms with Gasteiger partial charge in [-0.2, -0.15) is 13.2 Å². The van der Waals surface area contributed by atoms with Crippen molar-refractivity contribution < 1.29 is 22.8 Å². The molecule has 1 aromatic rings. The van der Waals surface area contributed by atoms with Crippen molar-refractivity contribution in [1.29, 1.82) is 0 Å². The summed E-state index contributed by atoms with van der Waals surface area (Å²) in [5, 5.41) is 5.32. The Balaban J connectivity index is 1.97. The molecule has 0 aliphatic carbocycles. The average Bonchev–Trinajstić information content (AvgIpc) is 2.65. The van der Waals surface area contributed by atoms with E-state index in [1.807, 2.05) is 13.8 Å². The Morgan fingerprint density at radius 3 is 2.41 bits per heavy atom. The number of hydrogen-bond donors (Lipinski definition) is 2. The Bertz CT molecular complexity index is 735. The zero-order chi connectivity index (χ0) is 21.8. The lowest BCUT2D eigenvalue weighted by molar-refractivity contribution is -0.137. The maximum Gasteiger partial charge on any atom is 0.417 e. The number of aromatic nitrogens is 1. The van der Waals surface area contributed by atoms with Crippen molar-refractivity contribution in [3.8, 4) is 0 Å². The molecule has 29 heavy (non-hydrogen) atoms. The fourth-order valence-electron chi connectivity index (χ4n) is 3.34. The summed E-state index contributed by atoms with van der Waals surface area (Å²) in [5.41, 5.74) is -0.897. The van der Waals surface area contributed by atoms with Crippen LogP contribution >= 0.6 is 11.6 Å². The minimum atomic E-state index is -4.50. The first-order valence-electron chi connectivity index (χ1n) is 9.52. The first-order valence-corrected chi connectivity index (χ1v) is 9.90. The molecule has 2 N–H and O–H groups in total. The van der Waals surface area contributed by atoms with E-state index < -0.39 is 17.8 Å². The maximum absolute atomic E-state index is 12.8. The van der Waals surface area contributed by atoms with Gasteiger partial charge in [0.1, 0.15) is 11.9 Å².